The zero-order valence-electron chi connectivity index (χ0n) is 6.48. The molecule has 0 atom stereocenters. The van der Waals surface area contributed by atoms with Crippen LogP contribution in [0.4, 0.5) is 13.2 Å². The minimum atomic E-state index is -4.40. The lowest BCUT2D eigenvalue weighted by atomic mass is 10.3. The van der Waals surface area contributed by atoms with Gasteiger partial charge in [-0.1, -0.05) is 15.9 Å². The molecule has 0 N–H and O–H groups in total. The molecule has 6 heteroatoms. The Bertz CT molecular complexity index is 270. The van der Waals surface area contributed by atoms with Crippen LogP contribution in [-0.4, -0.2) is 15.3 Å². The van der Waals surface area contributed by atoms with Gasteiger partial charge < -0.3 is 0 Å². The first-order chi connectivity index (χ1) is 6.04. The number of hydrogen-bond acceptors (Lipinski definition) is 2. The predicted molar refractivity (Wildman–Crippen MR) is 44.5 cm³/mol. The Kier molecular flexibility index (Phi) is 3.24. The Morgan fingerprint density at radius 3 is 2.31 bits per heavy atom. The highest BCUT2D eigenvalue weighted by molar-refractivity contribution is 9.09. The summed E-state index contributed by atoms with van der Waals surface area (Å²) in [6.45, 7) is 0. The molecule has 0 saturated carbocycles. The fraction of sp³-hybridized carbons (Fsp3) is 0.429. The van der Waals surface area contributed by atoms with Gasteiger partial charge in [-0.2, -0.15) is 13.2 Å². The van der Waals surface area contributed by atoms with Crippen LogP contribution in [0.25, 0.3) is 0 Å². The van der Waals surface area contributed by atoms with E-state index in [0.717, 1.165) is 12.4 Å². The molecule has 13 heavy (non-hydrogen) atoms. The quantitative estimate of drug-likeness (QED) is 0.758. The van der Waals surface area contributed by atoms with E-state index in [-0.39, 0.29) is 0 Å². The Hall–Kier alpha value is -0.650. The van der Waals surface area contributed by atoms with Gasteiger partial charge in [-0.25, -0.2) is 4.98 Å². The second-order valence-corrected chi connectivity index (χ2v) is 3.12. The van der Waals surface area contributed by atoms with Crippen LogP contribution in [0.2, 0.25) is 0 Å². The first-order valence-corrected chi connectivity index (χ1v) is 4.60. The van der Waals surface area contributed by atoms with Gasteiger partial charge >= 0.3 is 6.18 Å². The third kappa shape index (κ3) is 2.95. The standard InChI is InChI=1S/C7H6BrF3N2/c8-2-1-5-3-13-6(4-12-5)7(9,10)11/h3-4H,1-2H2. The van der Waals surface area contributed by atoms with Crippen LogP contribution in [0.3, 0.4) is 0 Å². The Balaban J connectivity index is 2.81. The number of aromatic nitrogens is 2. The summed E-state index contributed by atoms with van der Waals surface area (Å²) in [5, 5.41) is 0.660. The molecule has 0 aliphatic carbocycles. The summed E-state index contributed by atoms with van der Waals surface area (Å²) >= 11 is 3.15. The molecule has 0 radical (unpaired) electrons. The topological polar surface area (TPSA) is 25.8 Å². The van der Waals surface area contributed by atoms with E-state index >= 15 is 0 Å². The lowest BCUT2D eigenvalue weighted by Gasteiger charge is -2.04. The maximum absolute atomic E-state index is 12.0. The van der Waals surface area contributed by atoms with E-state index in [1.165, 1.54) is 0 Å². The highest BCUT2D eigenvalue weighted by Crippen LogP contribution is 2.26. The van der Waals surface area contributed by atoms with E-state index in [1.807, 2.05) is 0 Å². The third-order valence-electron chi connectivity index (χ3n) is 1.35. The minimum Gasteiger partial charge on any atom is -0.257 e. The average molecular weight is 255 g/mol. The van der Waals surface area contributed by atoms with Crippen molar-refractivity contribution in [1.29, 1.82) is 0 Å². The van der Waals surface area contributed by atoms with Crippen molar-refractivity contribution in [2.45, 2.75) is 12.6 Å². The molecule has 0 unspecified atom stereocenters. The first-order valence-electron chi connectivity index (χ1n) is 3.48. The number of alkyl halides is 4. The molecule has 0 aromatic carbocycles. The van der Waals surface area contributed by atoms with Crippen LogP contribution in [0.15, 0.2) is 12.4 Å². The van der Waals surface area contributed by atoms with Crippen LogP contribution in [-0.2, 0) is 12.6 Å². The summed E-state index contributed by atoms with van der Waals surface area (Å²) in [6, 6.07) is 0. The monoisotopic (exact) mass is 254 g/mol. The Labute approximate surface area is 81.3 Å². The summed E-state index contributed by atoms with van der Waals surface area (Å²) in [7, 11) is 0. The molecular weight excluding hydrogens is 249 g/mol. The summed E-state index contributed by atoms with van der Waals surface area (Å²) < 4.78 is 36.0. The van der Waals surface area contributed by atoms with Crippen LogP contribution < -0.4 is 0 Å². The lowest BCUT2D eigenvalue weighted by Crippen LogP contribution is -2.09. The number of hydrogen-bond donors (Lipinski definition) is 0. The molecule has 0 amide bonds. The minimum absolute atomic E-state index is 0.546. The highest BCUT2D eigenvalue weighted by atomic mass is 79.9. The summed E-state index contributed by atoms with van der Waals surface area (Å²) in [5.41, 5.74) is -0.407. The van der Waals surface area contributed by atoms with E-state index in [9.17, 15) is 13.2 Å². The van der Waals surface area contributed by atoms with Crippen molar-refractivity contribution < 1.29 is 13.2 Å². The molecule has 0 spiro atoms. The smallest absolute Gasteiger partial charge is 0.257 e. The van der Waals surface area contributed by atoms with Gasteiger partial charge in [0.1, 0.15) is 0 Å². The maximum atomic E-state index is 12.0. The summed E-state index contributed by atoms with van der Waals surface area (Å²) in [5.74, 6) is 0. The van der Waals surface area contributed by atoms with Crippen molar-refractivity contribution in [1.82, 2.24) is 9.97 Å². The van der Waals surface area contributed by atoms with Gasteiger partial charge in [0, 0.05) is 17.9 Å². The van der Waals surface area contributed by atoms with Gasteiger partial charge in [-0.05, 0) is 0 Å². The van der Waals surface area contributed by atoms with E-state index < -0.39 is 11.9 Å². The highest BCUT2D eigenvalue weighted by Gasteiger charge is 2.32. The molecule has 1 aromatic rings. The lowest BCUT2D eigenvalue weighted by molar-refractivity contribution is -0.141. The molecule has 1 rings (SSSR count). The molecule has 0 fully saturated rings. The summed E-state index contributed by atoms with van der Waals surface area (Å²) in [6.07, 6.45) is -1.94. The molecule has 0 aliphatic heterocycles. The van der Waals surface area contributed by atoms with Gasteiger partial charge in [-0.3, -0.25) is 4.98 Å². The normalized spacial score (nSPS) is 11.7. The van der Waals surface area contributed by atoms with Crippen molar-refractivity contribution in [3.05, 3.63) is 23.8 Å². The number of aryl methyl sites for hydroxylation is 1. The molecule has 1 heterocycles. The molecule has 0 aliphatic rings. The van der Waals surface area contributed by atoms with Crippen molar-refractivity contribution in [3.63, 3.8) is 0 Å². The van der Waals surface area contributed by atoms with Crippen molar-refractivity contribution in [3.8, 4) is 0 Å². The summed E-state index contributed by atoms with van der Waals surface area (Å²) in [4.78, 5) is 6.88. The second kappa shape index (κ2) is 4.04. The zero-order chi connectivity index (χ0) is 9.90. The second-order valence-electron chi connectivity index (χ2n) is 2.33. The fourth-order valence-corrected chi connectivity index (χ4v) is 1.13. The van der Waals surface area contributed by atoms with Crippen LogP contribution in [0.1, 0.15) is 11.4 Å². The fourth-order valence-electron chi connectivity index (χ4n) is 0.727. The third-order valence-corrected chi connectivity index (χ3v) is 1.74. The van der Waals surface area contributed by atoms with E-state index in [4.69, 9.17) is 0 Å². The molecule has 0 bridgehead atoms. The molecule has 2 nitrogen and oxygen atoms in total. The van der Waals surface area contributed by atoms with E-state index in [1.54, 1.807) is 0 Å². The Morgan fingerprint density at radius 2 is 1.92 bits per heavy atom. The zero-order valence-corrected chi connectivity index (χ0v) is 8.06. The van der Waals surface area contributed by atoms with Crippen molar-refractivity contribution >= 4 is 15.9 Å². The van der Waals surface area contributed by atoms with Gasteiger partial charge in [0.25, 0.3) is 0 Å². The average Bonchev–Trinajstić information content (AvgIpc) is 2.04. The molecule has 72 valence electrons. The SMILES string of the molecule is FC(F)(F)c1cnc(CCBr)cn1. The van der Waals surface area contributed by atoms with Crippen LogP contribution >= 0.6 is 15.9 Å². The van der Waals surface area contributed by atoms with Crippen LogP contribution in [0.5, 0.6) is 0 Å². The van der Waals surface area contributed by atoms with Crippen molar-refractivity contribution in [2.24, 2.45) is 0 Å². The maximum Gasteiger partial charge on any atom is 0.434 e. The number of halogens is 4. The van der Waals surface area contributed by atoms with Gasteiger partial charge in [-0.15, -0.1) is 0 Å². The molecule has 0 saturated heterocycles. The van der Waals surface area contributed by atoms with E-state index in [0.29, 0.717) is 17.4 Å². The molecular formula is C7H6BrF3N2. The van der Waals surface area contributed by atoms with Crippen LogP contribution in [0, 0.1) is 0 Å². The van der Waals surface area contributed by atoms with Crippen molar-refractivity contribution in [2.75, 3.05) is 5.33 Å². The largest absolute Gasteiger partial charge is 0.434 e. The number of nitrogens with zero attached hydrogens (tertiary/aromatic N) is 2. The first kappa shape index (κ1) is 10.4. The van der Waals surface area contributed by atoms with E-state index in [2.05, 4.69) is 25.9 Å². The number of rotatable bonds is 2. The van der Waals surface area contributed by atoms with Gasteiger partial charge in [0.05, 0.1) is 11.9 Å². The predicted octanol–water partition coefficient (Wildman–Crippen LogP) is 2.43. The molecule has 1 aromatic heterocycles. The Morgan fingerprint density at radius 1 is 1.23 bits per heavy atom. The van der Waals surface area contributed by atoms with Gasteiger partial charge in [0.2, 0.25) is 0 Å². The van der Waals surface area contributed by atoms with Gasteiger partial charge in [0.15, 0.2) is 5.69 Å².